The summed E-state index contributed by atoms with van der Waals surface area (Å²) in [5.41, 5.74) is 13.0. The number of rotatable bonds is 18. The second kappa shape index (κ2) is 19.1. The topological polar surface area (TPSA) is 111 Å². The molecule has 3 aliphatic carbocycles. The molecule has 0 N–H and O–H groups in total. The van der Waals surface area contributed by atoms with E-state index in [0.717, 1.165) is 55.8 Å². The Hall–Kier alpha value is -2.38. The van der Waals surface area contributed by atoms with Gasteiger partial charge in [-0.25, -0.2) is 0 Å². The van der Waals surface area contributed by atoms with Gasteiger partial charge in [-0.1, -0.05) is 0 Å². The second-order valence-electron chi connectivity index (χ2n) is 18.1. The van der Waals surface area contributed by atoms with E-state index in [-0.39, 0.29) is 5.41 Å². The first-order valence-corrected chi connectivity index (χ1v) is 40.6. The van der Waals surface area contributed by atoms with Gasteiger partial charge < -0.3 is 0 Å². The first-order chi connectivity index (χ1) is 31.7. The van der Waals surface area contributed by atoms with Crippen LogP contribution in [0.3, 0.4) is 0 Å². The Labute approximate surface area is 400 Å². The SMILES string of the molecule is CO[Si](OC)(OC)c1cc(-c2cccc3c2C=C2[CH]3[Hf]([CH3])([CH3])[CH]3C(=Cc4c(-c5cc([Si](OC)(OC)OC)cc([Si](OC)(OC)OC)c5)cccc43)C23CCCC3)cc([Si](OC)(OC)OC)c1. The number of hydrogen-bond donors (Lipinski definition) is 0. The van der Waals surface area contributed by atoms with E-state index in [1.807, 2.05) is 12.1 Å². The summed E-state index contributed by atoms with van der Waals surface area (Å²) in [7, 11) is 6.37. The molecule has 0 aromatic heterocycles. The van der Waals surface area contributed by atoms with Crippen molar-refractivity contribution in [1.29, 1.82) is 0 Å². The maximum atomic E-state index is 6.07. The Morgan fingerprint density at radius 1 is 0.424 bits per heavy atom. The molecule has 12 nitrogen and oxygen atoms in total. The third-order valence-electron chi connectivity index (χ3n) is 15.3. The molecule has 2 atom stereocenters. The van der Waals surface area contributed by atoms with E-state index in [0.29, 0.717) is 7.35 Å². The van der Waals surface area contributed by atoms with Gasteiger partial charge in [0.05, 0.1) is 0 Å². The molecule has 4 aromatic carbocycles. The number of hydrogen-bond acceptors (Lipinski definition) is 12. The molecule has 0 amide bonds. The Morgan fingerprint density at radius 2 is 0.712 bits per heavy atom. The summed E-state index contributed by atoms with van der Waals surface area (Å²) in [6, 6.07) is 26.5. The van der Waals surface area contributed by atoms with Gasteiger partial charge in [0.15, 0.2) is 0 Å². The van der Waals surface area contributed by atoms with Crippen LogP contribution in [0, 0.1) is 5.41 Å². The third kappa shape index (κ3) is 7.43. The van der Waals surface area contributed by atoms with Crippen molar-refractivity contribution < 1.29 is 73.1 Å². The predicted molar refractivity (Wildman–Crippen MR) is 263 cm³/mol. The number of allylic oxidation sites excluding steroid dienone is 2. The molecule has 1 aliphatic heterocycles. The van der Waals surface area contributed by atoms with E-state index in [4.69, 9.17) is 53.1 Å². The normalized spacial score (nSPS) is 19.7. The summed E-state index contributed by atoms with van der Waals surface area (Å²) in [6.45, 7) is 0. The van der Waals surface area contributed by atoms with Gasteiger partial charge in [-0.05, 0) is 0 Å². The van der Waals surface area contributed by atoms with Gasteiger partial charge in [-0.3, -0.25) is 0 Å². The summed E-state index contributed by atoms with van der Waals surface area (Å²) < 4.78 is 79.0. The monoisotopic (exact) mass is 1140 g/mol. The molecule has 4 aliphatic rings. The summed E-state index contributed by atoms with van der Waals surface area (Å²) in [6.07, 6.45) is 9.85. The van der Waals surface area contributed by atoms with Gasteiger partial charge in [0.2, 0.25) is 0 Å². The van der Waals surface area contributed by atoms with E-state index in [9.17, 15) is 0 Å². The average Bonchev–Trinajstić information content (AvgIpc) is 4.12. The van der Waals surface area contributed by atoms with Gasteiger partial charge >= 0.3 is 403 Å². The van der Waals surface area contributed by atoms with E-state index in [1.54, 1.807) is 96.5 Å². The summed E-state index contributed by atoms with van der Waals surface area (Å²) >= 11 is -3.52. The fourth-order valence-corrected chi connectivity index (χ4v) is 37.2. The number of benzene rings is 4. The molecule has 1 heterocycles. The Morgan fingerprint density at radius 3 is 0.985 bits per heavy atom. The average molecular weight is 1140 g/mol. The molecule has 17 heteroatoms. The van der Waals surface area contributed by atoms with Crippen molar-refractivity contribution in [3.63, 3.8) is 0 Å². The van der Waals surface area contributed by atoms with Gasteiger partial charge in [0, 0.05) is 0 Å². The van der Waals surface area contributed by atoms with Crippen molar-refractivity contribution >= 4 is 68.1 Å². The van der Waals surface area contributed by atoms with Crippen LogP contribution in [0.25, 0.3) is 34.4 Å². The van der Waals surface area contributed by atoms with Crippen LogP contribution < -0.4 is 20.7 Å². The van der Waals surface area contributed by atoms with Crippen molar-refractivity contribution in [3.8, 4) is 22.3 Å². The molecule has 4 aromatic rings. The molecule has 1 saturated heterocycles. The van der Waals surface area contributed by atoms with Crippen LogP contribution in [0.15, 0.2) is 83.9 Å². The van der Waals surface area contributed by atoms with Crippen LogP contribution in [0.5, 0.6) is 0 Å². The third-order valence-corrected chi connectivity index (χ3v) is 40.9. The predicted octanol–water partition coefficient (Wildman–Crippen LogP) is 6.76. The van der Waals surface area contributed by atoms with Gasteiger partial charge in [-0.2, -0.15) is 0 Å². The fourth-order valence-electron chi connectivity index (χ4n) is 12.3. The van der Waals surface area contributed by atoms with E-state index in [1.165, 1.54) is 35.1 Å². The van der Waals surface area contributed by atoms with E-state index in [2.05, 4.69) is 82.2 Å². The number of fused-ring (bicyclic) bond motifs is 8. The first kappa shape index (κ1) is 50.0. The molecular formula is C49H66HfO12Si4. The molecule has 0 radical (unpaired) electrons. The van der Waals surface area contributed by atoms with Crippen LogP contribution in [0.4, 0.5) is 0 Å². The Kier molecular flexibility index (Phi) is 14.5. The van der Waals surface area contributed by atoms with Crippen molar-refractivity contribution in [1.82, 2.24) is 0 Å². The van der Waals surface area contributed by atoms with E-state index >= 15 is 0 Å². The van der Waals surface area contributed by atoms with Crippen molar-refractivity contribution in [2.75, 3.05) is 85.3 Å². The van der Waals surface area contributed by atoms with Gasteiger partial charge in [0.1, 0.15) is 0 Å². The molecule has 66 heavy (non-hydrogen) atoms. The van der Waals surface area contributed by atoms with Crippen molar-refractivity contribution in [2.45, 2.75) is 42.4 Å². The second-order valence-corrected chi connectivity index (χ2v) is 47.0. The fraction of sp³-hybridized carbons (Fsp3) is 0.429. The standard InChI is InChI=1S/C47H60O12Si4.2CH3.Hf/c1-48-60(49-2,50-3)39-25-35(26-40(31-39)61(51-4,52-5)53-6)43-19-15-17-33-23-37(29-45(33)43)47(21-13-14-22-47)38-24-34-18-16-20-44(46(34)30-38)36-27-41(62(54-7,55-8)56-9)32-42(28-36)63(57-10,58-11)59-12;;;/h15-20,23-32H,13-14,21-22H2,1-12H3;2*1H3;. The molecule has 354 valence electrons. The zero-order chi connectivity index (χ0) is 47.5. The van der Waals surface area contributed by atoms with Crippen molar-refractivity contribution in [3.05, 3.63) is 106 Å². The molecule has 0 bridgehead atoms. The minimum atomic E-state index is -3.52. The zero-order valence-corrected chi connectivity index (χ0v) is 48.6. The maximum absolute atomic E-state index is 6.07. The Bertz CT molecular complexity index is 2250. The minimum absolute atomic E-state index is 0.0552. The molecule has 2 unspecified atom stereocenters. The quantitative estimate of drug-likeness (QED) is 0.0983. The van der Waals surface area contributed by atoms with Crippen LogP contribution >= 0.6 is 0 Å². The summed E-state index contributed by atoms with van der Waals surface area (Å²) in [4.78, 5) is 0. The zero-order valence-electron chi connectivity index (χ0n) is 41.0. The van der Waals surface area contributed by atoms with Crippen LogP contribution in [0.1, 0.15) is 55.3 Å². The first-order valence-electron chi connectivity index (χ1n) is 22.4. The summed E-state index contributed by atoms with van der Waals surface area (Å²) in [5.74, 6) is 0. The van der Waals surface area contributed by atoms with E-state index < -0.39 is 55.2 Å². The van der Waals surface area contributed by atoms with Crippen molar-refractivity contribution in [2.24, 2.45) is 5.41 Å². The van der Waals surface area contributed by atoms with Gasteiger partial charge in [0.25, 0.3) is 0 Å². The molecule has 1 saturated carbocycles. The van der Waals surface area contributed by atoms with Crippen LogP contribution in [-0.2, 0) is 73.1 Å². The summed E-state index contributed by atoms with van der Waals surface area (Å²) in [5, 5.41) is 3.23. The Balaban J connectivity index is 1.34. The van der Waals surface area contributed by atoms with Crippen LogP contribution in [-0.4, -0.2) is 121 Å². The van der Waals surface area contributed by atoms with Gasteiger partial charge in [-0.15, -0.1) is 0 Å². The molecular weight excluding hydrogens is 1070 g/mol. The molecule has 2 fully saturated rings. The van der Waals surface area contributed by atoms with Crippen LogP contribution in [0.2, 0.25) is 9.36 Å². The molecule has 1 spiro atoms. The molecule has 8 rings (SSSR count).